The van der Waals surface area contributed by atoms with E-state index in [0.717, 1.165) is 40.5 Å². The van der Waals surface area contributed by atoms with E-state index in [1.165, 1.54) is 0 Å². The van der Waals surface area contributed by atoms with Crippen LogP contribution in [0.3, 0.4) is 0 Å². The summed E-state index contributed by atoms with van der Waals surface area (Å²) in [6.07, 6.45) is 2.34. The van der Waals surface area contributed by atoms with Crippen molar-refractivity contribution in [3.05, 3.63) is 71.8 Å². The van der Waals surface area contributed by atoms with Gasteiger partial charge in [0.25, 0.3) is 0 Å². The molecule has 0 radical (unpaired) electrons. The van der Waals surface area contributed by atoms with Gasteiger partial charge < -0.3 is 20.1 Å². The van der Waals surface area contributed by atoms with Crippen LogP contribution in [0.25, 0.3) is 10.8 Å². The molecule has 3 rings (SSSR count). The number of amides is 1. The minimum absolute atomic E-state index is 0.147. The van der Waals surface area contributed by atoms with Crippen molar-refractivity contribution < 1.29 is 14.3 Å². The van der Waals surface area contributed by atoms with E-state index in [2.05, 4.69) is 17.6 Å². The van der Waals surface area contributed by atoms with Gasteiger partial charge in [-0.2, -0.15) is 0 Å². The highest BCUT2D eigenvalue weighted by Gasteiger charge is 2.10. The van der Waals surface area contributed by atoms with Crippen molar-refractivity contribution >= 4 is 34.0 Å². The summed E-state index contributed by atoms with van der Waals surface area (Å²) in [5.41, 5.74) is 1.95. The minimum atomic E-state index is -0.147. The molecule has 0 fully saturated rings. The topological polar surface area (TPSA) is 59.6 Å². The third kappa shape index (κ3) is 6.43. The molecular weight excluding hydrogens is 408 g/mol. The molecule has 0 spiro atoms. The molecule has 0 saturated carbocycles. The number of carbonyl (C=O) groups is 1. The summed E-state index contributed by atoms with van der Waals surface area (Å²) in [6, 6.07) is 19.8. The number of carbonyl (C=O) groups excluding carboxylic acids is 1. The van der Waals surface area contributed by atoms with Gasteiger partial charge in [0, 0.05) is 6.54 Å². The van der Waals surface area contributed by atoms with E-state index in [-0.39, 0.29) is 12.3 Å². The number of fused-ring (bicyclic) bond motifs is 1. The van der Waals surface area contributed by atoms with E-state index in [1.54, 1.807) is 7.11 Å². The predicted octanol–water partition coefficient (Wildman–Crippen LogP) is 4.76. The van der Waals surface area contributed by atoms with Crippen LogP contribution in [0, 0.1) is 0 Å². The second kappa shape index (κ2) is 11.3. The monoisotopic (exact) mass is 436 g/mol. The SMILES string of the molecule is CCCCOc1ccc(CNC(=S)NC(=O)Cc2cccc3ccccc23)cc1OC. The van der Waals surface area contributed by atoms with Crippen LogP contribution in [0.5, 0.6) is 11.5 Å². The third-order valence-corrected chi connectivity index (χ3v) is 5.17. The van der Waals surface area contributed by atoms with Crippen LogP contribution in [0.1, 0.15) is 30.9 Å². The quantitative estimate of drug-likeness (QED) is 0.374. The van der Waals surface area contributed by atoms with Gasteiger partial charge in [0.15, 0.2) is 16.6 Å². The number of thiocarbonyl (C=S) groups is 1. The Morgan fingerprint density at radius 1 is 1.03 bits per heavy atom. The normalized spacial score (nSPS) is 10.5. The van der Waals surface area contributed by atoms with Gasteiger partial charge >= 0.3 is 0 Å². The Hall–Kier alpha value is -3.12. The van der Waals surface area contributed by atoms with Gasteiger partial charge in [-0.05, 0) is 52.7 Å². The van der Waals surface area contributed by atoms with Crippen LogP contribution in [0.2, 0.25) is 0 Å². The summed E-state index contributed by atoms with van der Waals surface area (Å²) < 4.78 is 11.2. The molecular formula is C25H28N2O3S. The molecule has 0 saturated heterocycles. The molecule has 162 valence electrons. The Morgan fingerprint density at radius 3 is 2.65 bits per heavy atom. The Labute approximate surface area is 188 Å². The molecule has 0 aliphatic carbocycles. The Morgan fingerprint density at radius 2 is 1.84 bits per heavy atom. The van der Waals surface area contributed by atoms with Crippen LogP contribution in [-0.4, -0.2) is 24.7 Å². The van der Waals surface area contributed by atoms with E-state index in [0.29, 0.717) is 24.0 Å². The average Bonchev–Trinajstić information content (AvgIpc) is 2.78. The van der Waals surface area contributed by atoms with E-state index in [1.807, 2.05) is 60.7 Å². The second-order valence-electron chi connectivity index (χ2n) is 7.23. The predicted molar refractivity (Wildman–Crippen MR) is 129 cm³/mol. The zero-order chi connectivity index (χ0) is 22.1. The van der Waals surface area contributed by atoms with Crippen molar-refractivity contribution in [3.63, 3.8) is 0 Å². The standard InChI is InChI=1S/C25H28N2O3S/c1-3-4-14-30-22-13-12-18(15-23(22)29-2)17-26-25(31)27-24(28)16-20-10-7-9-19-8-5-6-11-21(19)20/h5-13,15H,3-4,14,16-17H2,1-2H3,(H2,26,27,28,31). The van der Waals surface area contributed by atoms with E-state index >= 15 is 0 Å². The van der Waals surface area contributed by atoms with Crippen molar-refractivity contribution in [1.29, 1.82) is 0 Å². The molecule has 31 heavy (non-hydrogen) atoms. The molecule has 0 aliphatic rings. The minimum Gasteiger partial charge on any atom is -0.493 e. The number of ether oxygens (including phenoxy) is 2. The molecule has 5 nitrogen and oxygen atoms in total. The molecule has 0 atom stereocenters. The van der Waals surface area contributed by atoms with Gasteiger partial charge in [-0.3, -0.25) is 4.79 Å². The van der Waals surface area contributed by atoms with Crippen LogP contribution < -0.4 is 20.1 Å². The number of benzene rings is 3. The summed E-state index contributed by atoms with van der Waals surface area (Å²) in [7, 11) is 1.62. The van der Waals surface area contributed by atoms with Gasteiger partial charge in [-0.25, -0.2) is 0 Å². The van der Waals surface area contributed by atoms with Gasteiger partial charge in [0.1, 0.15) is 0 Å². The summed E-state index contributed by atoms with van der Waals surface area (Å²) in [5.74, 6) is 1.26. The Kier molecular flexibility index (Phi) is 8.24. The first kappa shape index (κ1) is 22.6. The Balaban J connectivity index is 1.53. The number of rotatable bonds is 9. The number of nitrogens with one attached hydrogen (secondary N) is 2. The van der Waals surface area contributed by atoms with Crippen molar-refractivity contribution in [1.82, 2.24) is 10.6 Å². The third-order valence-electron chi connectivity index (χ3n) is 4.92. The number of hydrogen-bond donors (Lipinski definition) is 2. The van der Waals surface area contributed by atoms with Crippen LogP contribution >= 0.6 is 12.2 Å². The maximum Gasteiger partial charge on any atom is 0.230 e. The first-order chi connectivity index (χ1) is 15.1. The molecule has 2 N–H and O–H groups in total. The maximum absolute atomic E-state index is 12.5. The molecule has 0 unspecified atom stereocenters. The lowest BCUT2D eigenvalue weighted by atomic mass is 10.0. The van der Waals surface area contributed by atoms with Crippen LogP contribution in [0.15, 0.2) is 60.7 Å². The van der Waals surface area contributed by atoms with Crippen molar-refractivity contribution in [2.45, 2.75) is 32.7 Å². The van der Waals surface area contributed by atoms with Gasteiger partial charge in [0.2, 0.25) is 5.91 Å². The first-order valence-electron chi connectivity index (χ1n) is 10.4. The summed E-state index contributed by atoms with van der Waals surface area (Å²) in [5, 5.41) is 8.33. The fraction of sp³-hybridized carbons (Fsp3) is 0.280. The number of hydrogen-bond acceptors (Lipinski definition) is 4. The zero-order valence-electron chi connectivity index (χ0n) is 17.9. The lowest BCUT2D eigenvalue weighted by molar-refractivity contribution is -0.119. The molecule has 0 aliphatic heterocycles. The summed E-state index contributed by atoms with van der Waals surface area (Å²) >= 11 is 5.30. The second-order valence-corrected chi connectivity index (χ2v) is 7.64. The average molecular weight is 437 g/mol. The van der Waals surface area contributed by atoms with Gasteiger partial charge in [0.05, 0.1) is 20.1 Å². The lowest BCUT2D eigenvalue weighted by Gasteiger charge is -2.13. The van der Waals surface area contributed by atoms with E-state index in [4.69, 9.17) is 21.7 Å². The summed E-state index contributed by atoms with van der Waals surface area (Å²) in [6.45, 7) is 3.26. The number of methoxy groups -OCH3 is 1. The highest BCUT2D eigenvalue weighted by molar-refractivity contribution is 7.80. The number of unbranched alkanes of at least 4 members (excludes halogenated alkanes) is 1. The maximum atomic E-state index is 12.5. The van der Waals surface area contributed by atoms with Crippen LogP contribution in [-0.2, 0) is 17.8 Å². The molecule has 0 heterocycles. The smallest absolute Gasteiger partial charge is 0.230 e. The zero-order valence-corrected chi connectivity index (χ0v) is 18.8. The van der Waals surface area contributed by atoms with Crippen LogP contribution in [0.4, 0.5) is 0 Å². The molecule has 3 aromatic rings. The van der Waals surface area contributed by atoms with Crippen molar-refractivity contribution in [2.24, 2.45) is 0 Å². The molecule has 0 bridgehead atoms. The van der Waals surface area contributed by atoms with Gasteiger partial charge in [-0.15, -0.1) is 0 Å². The largest absolute Gasteiger partial charge is 0.493 e. The first-order valence-corrected chi connectivity index (χ1v) is 10.9. The highest BCUT2D eigenvalue weighted by atomic mass is 32.1. The summed E-state index contributed by atoms with van der Waals surface area (Å²) in [4.78, 5) is 12.5. The van der Waals surface area contributed by atoms with Crippen molar-refractivity contribution in [2.75, 3.05) is 13.7 Å². The van der Waals surface area contributed by atoms with Crippen molar-refractivity contribution in [3.8, 4) is 11.5 Å². The Bertz CT molecular complexity index is 1050. The lowest BCUT2D eigenvalue weighted by Crippen LogP contribution is -2.39. The van der Waals surface area contributed by atoms with E-state index in [9.17, 15) is 4.79 Å². The fourth-order valence-corrected chi connectivity index (χ4v) is 3.47. The molecule has 1 amide bonds. The fourth-order valence-electron chi connectivity index (χ4n) is 3.28. The van der Waals surface area contributed by atoms with Gasteiger partial charge in [-0.1, -0.05) is 61.9 Å². The molecule has 3 aromatic carbocycles. The van der Waals surface area contributed by atoms with E-state index < -0.39 is 0 Å². The molecule has 6 heteroatoms. The highest BCUT2D eigenvalue weighted by Crippen LogP contribution is 2.28. The molecule has 0 aromatic heterocycles.